The van der Waals surface area contributed by atoms with E-state index in [-0.39, 0.29) is 29.7 Å². The highest BCUT2D eigenvalue weighted by Crippen LogP contribution is 2.36. The van der Waals surface area contributed by atoms with Crippen molar-refractivity contribution in [1.29, 1.82) is 5.26 Å². The van der Waals surface area contributed by atoms with Crippen molar-refractivity contribution in [3.05, 3.63) is 79.9 Å². The van der Waals surface area contributed by atoms with Crippen LogP contribution in [0.5, 0.6) is 0 Å². The van der Waals surface area contributed by atoms with Crippen LogP contribution in [0.1, 0.15) is 27.3 Å². The molecule has 48 heavy (non-hydrogen) atoms. The quantitative estimate of drug-likeness (QED) is 0.221. The predicted octanol–water partition coefficient (Wildman–Crippen LogP) is 5.01. The van der Waals surface area contributed by atoms with E-state index >= 15 is 0 Å². The minimum Gasteiger partial charge on any atom is -0.478 e. The molecule has 1 aromatic carbocycles. The van der Waals surface area contributed by atoms with E-state index in [1.807, 2.05) is 9.80 Å². The fourth-order valence-corrected chi connectivity index (χ4v) is 6.85. The first-order valence-electron chi connectivity index (χ1n) is 14.7. The lowest BCUT2D eigenvalue weighted by atomic mass is 10.00. The molecule has 0 aliphatic carbocycles. The molecular weight excluding hydrogens is 664 g/mol. The van der Waals surface area contributed by atoms with Gasteiger partial charge >= 0.3 is 12.6 Å². The molecule has 6 rings (SSSR count). The van der Waals surface area contributed by atoms with Crippen LogP contribution in [0.15, 0.2) is 46.8 Å². The van der Waals surface area contributed by atoms with Gasteiger partial charge < -0.3 is 14.7 Å². The molecule has 5 heterocycles. The van der Waals surface area contributed by atoms with Crippen molar-refractivity contribution >= 4 is 55.8 Å². The van der Waals surface area contributed by atoms with Gasteiger partial charge in [0.05, 0.1) is 46.0 Å². The number of piperazine rings is 1. The fraction of sp³-hybridized carbons (Fsp3) is 0.273. The summed E-state index contributed by atoms with van der Waals surface area (Å²) in [6, 6.07) is 9.14. The summed E-state index contributed by atoms with van der Waals surface area (Å²) in [6.45, 7) is 1.18. The predicted molar refractivity (Wildman–Crippen MR) is 178 cm³/mol. The van der Waals surface area contributed by atoms with Gasteiger partial charge in [0.15, 0.2) is 0 Å². The van der Waals surface area contributed by atoms with Gasteiger partial charge in [-0.3, -0.25) is 19.2 Å². The normalized spacial score (nSPS) is 13.5. The molecule has 0 saturated carbocycles. The number of carbonyl (C=O) groups is 1. The summed E-state index contributed by atoms with van der Waals surface area (Å²) in [5.41, 5.74) is 2.49. The Morgan fingerprint density at radius 3 is 2.71 bits per heavy atom. The average Bonchev–Trinajstić information content (AvgIpc) is 3.51. The molecule has 1 aliphatic heterocycles. The highest BCUT2D eigenvalue weighted by molar-refractivity contribution is 7.18. The van der Waals surface area contributed by atoms with Crippen LogP contribution in [0, 0.1) is 30.1 Å². The van der Waals surface area contributed by atoms with Gasteiger partial charge in [0.2, 0.25) is 0 Å². The average molecular weight is 690 g/mol. The summed E-state index contributed by atoms with van der Waals surface area (Å²) in [5.74, 6) is 5.88. The van der Waals surface area contributed by atoms with E-state index in [0.29, 0.717) is 76.2 Å². The van der Waals surface area contributed by atoms with Gasteiger partial charge in [0.1, 0.15) is 23.3 Å². The van der Waals surface area contributed by atoms with Crippen LogP contribution in [0.25, 0.3) is 32.2 Å². The Labute approximate surface area is 281 Å². The van der Waals surface area contributed by atoms with Crippen LogP contribution in [0.2, 0.25) is 5.02 Å². The number of alkyl halides is 2. The maximum absolute atomic E-state index is 13.9. The topological polar surface area (TPSA) is 137 Å². The van der Waals surface area contributed by atoms with Crippen molar-refractivity contribution < 1.29 is 23.4 Å². The smallest absolute Gasteiger partial charge is 0.345 e. The second-order valence-electron chi connectivity index (χ2n) is 10.8. The molecule has 1 N–H and O–H groups in total. The van der Waals surface area contributed by atoms with Gasteiger partial charge in [-0.2, -0.15) is 14.0 Å². The number of nitriles is 1. The highest BCUT2D eigenvalue weighted by Gasteiger charge is 2.24. The lowest BCUT2D eigenvalue weighted by Crippen LogP contribution is -2.48. The molecule has 0 atom stereocenters. The Hall–Kier alpha value is -4.99. The number of benzene rings is 1. The first-order chi connectivity index (χ1) is 23.2. The Morgan fingerprint density at radius 1 is 1.19 bits per heavy atom. The number of pyridine rings is 2. The lowest BCUT2D eigenvalue weighted by Gasteiger charge is -2.35. The number of carboxylic acid groups (broad SMARTS) is 1. The maximum Gasteiger partial charge on any atom is 0.345 e. The van der Waals surface area contributed by atoms with Crippen LogP contribution in [-0.4, -0.2) is 81.4 Å². The lowest BCUT2D eigenvalue weighted by molar-refractivity contribution is -0.131. The van der Waals surface area contributed by atoms with Crippen LogP contribution < -0.4 is 10.5 Å². The van der Waals surface area contributed by atoms with E-state index in [1.165, 1.54) is 22.1 Å². The number of thiophene rings is 1. The number of aromatic carboxylic acids is 1. The van der Waals surface area contributed by atoms with E-state index in [1.54, 1.807) is 42.8 Å². The Balaban J connectivity index is 1.30. The highest BCUT2D eigenvalue weighted by atomic mass is 35.5. The molecule has 0 unspecified atom stereocenters. The molecule has 1 aliphatic rings. The van der Waals surface area contributed by atoms with E-state index in [2.05, 4.69) is 37.6 Å². The zero-order valence-corrected chi connectivity index (χ0v) is 27.0. The van der Waals surface area contributed by atoms with Crippen molar-refractivity contribution in [3.63, 3.8) is 0 Å². The number of anilines is 1. The monoisotopic (exact) mass is 689 g/mol. The summed E-state index contributed by atoms with van der Waals surface area (Å²) in [5, 5.41) is 21.9. The van der Waals surface area contributed by atoms with Gasteiger partial charge in [-0.25, -0.2) is 14.8 Å². The van der Waals surface area contributed by atoms with Crippen LogP contribution >= 0.6 is 22.9 Å². The number of hydrogen-bond donors (Lipinski definition) is 1. The third kappa shape index (κ3) is 6.56. The van der Waals surface area contributed by atoms with Gasteiger partial charge in [0, 0.05) is 66.0 Å². The SMILES string of the molecule is Cc1nc2cnc(N3CCN(CCOC(F)F)CC3)c(C#N)c2c(=O)n1CC#Cc1ccc(Cl)cc1-c1ccnc2c(C(=O)O)csc12. The molecule has 0 spiro atoms. The van der Waals surface area contributed by atoms with Gasteiger partial charge in [-0.1, -0.05) is 23.4 Å². The van der Waals surface area contributed by atoms with Crippen LogP contribution in [-0.2, 0) is 11.3 Å². The van der Waals surface area contributed by atoms with Crippen molar-refractivity contribution in [2.75, 3.05) is 44.2 Å². The molecule has 11 nitrogen and oxygen atoms in total. The summed E-state index contributed by atoms with van der Waals surface area (Å²) in [6.07, 6.45) is 3.02. The summed E-state index contributed by atoms with van der Waals surface area (Å²) in [4.78, 5) is 42.8. The molecule has 5 aromatic rings. The molecule has 244 valence electrons. The van der Waals surface area contributed by atoms with E-state index in [4.69, 9.17) is 11.6 Å². The number of carboxylic acids is 1. The fourth-order valence-electron chi connectivity index (χ4n) is 5.65. The number of halogens is 3. The maximum atomic E-state index is 13.9. The molecule has 4 aromatic heterocycles. The largest absolute Gasteiger partial charge is 0.478 e. The molecule has 0 bridgehead atoms. The molecule has 15 heteroatoms. The second kappa shape index (κ2) is 14.0. The van der Waals surface area contributed by atoms with Gasteiger partial charge in [0.25, 0.3) is 5.56 Å². The minimum atomic E-state index is -2.81. The molecular formula is C33H26ClF2N7O4S. The zero-order chi connectivity index (χ0) is 33.9. The number of aromatic nitrogens is 4. The van der Waals surface area contributed by atoms with Gasteiger partial charge in [-0.05, 0) is 31.2 Å². The van der Waals surface area contributed by atoms with E-state index < -0.39 is 18.1 Å². The summed E-state index contributed by atoms with van der Waals surface area (Å²) >= 11 is 7.63. The van der Waals surface area contributed by atoms with Crippen molar-refractivity contribution in [2.24, 2.45) is 0 Å². The third-order valence-corrected chi connectivity index (χ3v) is 9.26. The first-order valence-corrected chi connectivity index (χ1v) is 16.0. The van der Waals surface area contributed by atoms with Crippen LogP contribution in [0.4, 0.5) is 14.6 Å². The number of fused-ring (bicyclic) bond motifs is 2. The number of aryl methyl sites for hydroxylation is 1. The second-order valence-corrected chi connectivity index (χ2v) is 12.1. The Bertz CT molecular complexity index is 2220. The standard InChI is InChI=1S/C33H26ClF2N7O4S/c1-19-40-26-17-39-30(42-11-9-41(10-12-42)13-14-47-33(35)36)24(16-37)27(26)31(44)43(19)8-2-3-20-4-5-21(34)15-23(20)22-6-7-38-28-25(32(45)46)18-48-29(22)28/h4-7,15,17-18,33H,8-14H2,1H3,(H,45,46). The summed E-state index contributed by atoms with van der Waals surface area (Å²) in [7, 11) is 0. The zero-order valence-electron chi connectivity index (χ0n) is 25.4. The molecule has 1 fully saturated rings. The third-order valence-electron chi connectivity index (χ3n) is 8.02. The minimum absolute atomic E-state index is 0.0223. The number of hydrogen-bond acceptors (Lipinski definition) is 10. The van der Waals surface area contributed by atoms with Crippen molar-refractivity contribution in [3.8, 4) is 29.0 Å². The first kappa shape index (κ1) is 32.9. The van der Waals surface area contributed by atoms with Gasteiger partial charge in [-0.15, -0.1) is 11.3 Å². The number of ether oxygens (including phenoxy) is 1. The molecule has 1 saturated heterocycles. The Kier molecular flexibility index (Phi) is 9.61. The number of rotatable bonds is 8. The van der Waals surface area contributed by atoms with E-state index in [0.717, 1.165) is 5.56 Å². The molecule has 0 amide bonds. The van der Waals surface area contributed by atoms with Crippen molar-refractivity contribution in [1.82, 2.24) is 24.4 Å². The Morgan fingerprint density at radius 2 is 1.98 bits per heavy atom. The van der Waals surface area contributed by atoms with Crippen LogP contribution in [0.3, 0.4) is 0 Å². The summed E-state index contributed by atoms with van der Waals surface area (Å²) < 4.78 is 31.1. The number of nitrogens with zero attached hydrogens (tertiary/aromatic N) is 7. The van der Waals surface area contributed by atoms with Crippen molar-refractivity contribution in [2.45, 2.75) is 20.1 Å². The van der Waals surface area contributed by atoms with E-state index in [9.17, 15) is 28.7 Å². The molecule has 0 radical (unpaired) electrons.